The van der Waals surface area contributed by atoms with Crippen molar-refractivity contribution in [2.45, 2.75) is 32.2 Å². The van der Waals surface area contributed by atoms with Crippen LogP contribution in [0, 0.1) is 0 Å². The number of anilines is 1. The molecule has 2 amide bonds. The SMILES string of the molecule is C[C@H](NC(=O)Cc1ccc(N2CCCC2=O)cc1)c1cccc(Cl)c1. The molecule has 1 aliphatic rings. The molecular weight excluding hydrogens is 336 g/mol. The first-order chi connectivity index (χ1) is 12.0. The van der Waals surface area contributed by atoms with E-state index in [1.54, 1.807) is 4.90 Å². The normalized spacial score (nSPS) is 15.3. The molecule has 25 heavy (non-hydrogen) atoms. The van der Waals surface area contributed by atoms with E-state index in [9.17, 15) is 9.59 Å². The van der Waals surface area contributed by atoms with Gasteiger partial charge in [0.25, 0.3) is 0 Å². The van der Waals surface area contributed by atoms with Crippen molar-refractivity contribution in [2.75, 3.05) is 11.4 Å². The van der Waals surface area contributed by atoms with E-state index in [-0.39, 0.29) is 17.9 Å². The molecule has 0 bridgehead atoms. The summed E-state index contributed by atoms with van der Waals surface area (Å²) in [6.07, 6.45) is 1.83. The Morgan fingerprint density at radius 2 is 2.00 bits per heavy atom. The maximum atomic E-state index is 12.3. The van der Waals surface area contributed by atoms with Gasteiger partial charge in [0, 0.05) is 23.7 Å². The third-order valence-corrected chi connectivity index (χ3v) is 4.65. The van der Waals surface area contributed by atoms with E-state index in [0.29, 0.717) is 17.9 Å². The molecule has 4 nitrogen and oxygen atoms in total. The number of rotatable bonds is 5. The van der Waals surface area contributed by atoms with Gasteiger partial charge in [0.1, 0.15) is 0 Å². The molecule has 1 fully saturated rings. The van der Waals surface area contributed by atoms with Gasteiger partial charge in [-0.15, -0.1) is 0 Å². The summed E-state index contributed by atoms with van der Waals surface area (Å²) >= 11 is 5.99. The van der Waals surface area contributed by atoms with E-state index in [1.807, 2.05) is 55.5 Å². The number of hydrogen-bond acceptors (Lipinski definition) is 2. The summed E-state index contributed by atoms with van der Waals surface area (Å²) in [5, 5.41) is 3.64. The molecule has 1 N–H and O–H groups in total. The summed E-state index contributed by atoms with van der Waals surface area (Å²) in [5.41, 5.74) is 2.80. The summed E-state index contributed by atoms with van der Waals surface area (Å²) in [5.74, 6) is 0.123. The molecule has 1 heterocycles. The Morgan fingerprint density at radius 3 is 2.64 bits per heavy atom. The molecule has 0 spiro atoms. The van der Waals surface area contributed by atoms with Crippen LogP contribution in [0.1, 0.15) is 36.9 Å². The fourth-order valence-electron chi connectivity index (χ4n) is 3.05. The van der Waals surface area contributed by atoms with E-state index in [0.717, 1.165) is 29.8 Å². The minimum Gasteiger partial charge on any atom is -0.349 e. The van der Waals surface area contributed by atoms with Crippen molar-refractivity contribution >= 4 is 29.1 Å². The zero-order chi connectivity index (χ0) is 17.8. The van der Waals surface area contributed by atoms with Crippen molar-refractivity contribution in [3.05, 3.63) is 64.7 Å². The van der Waals surface area contributed by atoms with Gasteiger partial charge in [0.05, 0.1) is 12.5 Å². The Bertz CT molecular complexity index is 774. The van der Waals surface area contributed by atoms with Crippen LogP contribution in [-0.2, 0) is 16.0 Å². The van der Waals surface area contributed by atoms with Crippen molar-refractivity contribution in [2.24, 2.45) is 0 Å². The number of benzene rings is 2. The van der Waals surface area contributed by atoms with Gasteiger partial charge >= 0.3 is 0 Å². The van der Waals surface area contributed by atoms with Crippen molar-refractivity contribution in [1.29, 1.82) is 0 Å². The Balaban J connectivity index is 1.58. The lowest BCUT2D eigenvalue weighted by Gasteiger charge is -2.17. The third-order valence-electron chi connectivity index (χ3n) is 4.41. The monoisotopic (exact) mass is 356 g/mol. The number of hydrogen-bond donors (Lipinski definition) is 1. The van der Waals surface area contributed by atoms with Crippen LogP contribution in [0.25, 0.3) is 0 Å². The zero-order valence-electron chi connectivity index (χ0n) is 14.2. The van der Waals surface area contributed by atoms with Gasteiger partial charge in [-0.1, -0.05) is 35.9 Å². The van der Waals surface area contributed by atoms with E-state index in [2.05, 4.69) is 5.32 Å². The highest BCUT2D eigenvalue weighted by Crippen LogP contribution is 2.22. The van der Waals surface area contributed by atoms with Crippen LogP contribution < -0.4 is 10.2 Å². The maximum absolute atomic E-state index is 12.3. The Kier molecular flexibility index (Phi) is 5.39. The van der Waals surface area contributed by atoms with Crippen LogP contribution in [0.5, 0.6) is 0 Å². The van der Waals surface area contributed by atoms with Gasteiger partial charge in [-0.25, -0.2) is 0 Å². The average molecular weight is 357 g/mol. The lowest BCUT2D eigenvalue weighted by molar-refractivity contribution is -0.121. The molecule has 5 heteroatoms. The fraction of sp³-hybridized carbons (Fsp3) is 0.300. The quantitative estimate of drug-likeness (QED) is 0.883. The third kappa shape index (κ3) is 4.40. The Morgan fingerprint density at radius 1 is 1.24 bits per heavy atom. The fourth-order valence-corrected chi connectivity index (χ4v) is 3.25. The minimum atomic E-state index is -0.104. The summed E-state index contributed by atoms with van der Waals surface area (Å²) in [6, 6.07) is 15.0. The highest BCUT2D eigenvalue weighted by molar-refractivity contribution is 6.30. The highest BCUT2D eigenvalue weighted by Gasteiger charge is 2.21. The predicted molar refractivity (Wildman–Crippen MR) is 99.7 cm³/mol. The Hall–Kier alpha value is -2.33. The number of carbonyl (C=O) groups is 2. The molecule has 0 radical (unpaired) electrons. The van der Waals surface area contributed by atoms with Gasteiger partial charge in [0.15, 0.2) is 0 Å². The lowest BCUT2D eigenvalue weighted by atomic mass is 10.1. The lowest BCUT2D eigenvalue weighted by Crippen LogP contribution is -2.28. The molecule has 3 rings (SSSR count). The van der Waals surface area contributed by atoms with Crippen LogP contribution in [0.4, 0.5) is 5.69 Å². The number of nitrogens with one attached hydrogen (secondary N) is 1. The van der Waals surface area contributed by atoms with Crippen molar-refractivity contribution in [3.8, 4) is 0 Å². The van der Waals surface area contributed by atoms with Crippen LogP contribution in [0.2, 0.25) is 5.02 Å². The largest absolute Gasteiger partial charge is 0.349 e. The van der Waals surface area contributed by atoms with E-state index in [1.165, 1.54) is 0 Å². The number of amides is 2. The number of carbonyl (C=O) groups excluding carboxylic acids is 2. The van der Waals surface area contributed by atoms with Crippen molar-refractivity contribution in [1.82, 2.24) is 5.32 Å². The summed E-state index contributed by atoms with van der Waals surface area (Å²) in [4.78, 5) is 25.8. The standard InChI is InChI=1S/C20H21ClN2O2/c1-14(16-4-2-5-17(21)13-16)22-19(24)12-15-7-9-18(10-8-15)23-11-3-6-20(23)25/h2,4-5,7-10,13-14H,3,6,11-12H2,1H3,(H,22,24)/t14-/m0/s1. The Labute approximate surface area is 152 Å². The zero-order valence-corrected chi connectivity index (χ0v) is 14.9. The molecule has 1 atom stereocenters. The van der Waals surface area contributed by atoms with Crippen molar-refractivity contribution < 1.29 is 9.59 Å². The number of halogens is 1. The van der Waals surface area contributed by atoms with Gasteiger partial charge < -0.3 is 10.2 Å². The van der Waals surface area contributed by atoms with Crippen LogP contribution in [-0.4, -0.2) is 18.4 Å². The maximum Gasteiger partial charge on any atom is 0.227 e. The van der Waals surface area contributed by atoms with Gasteiger partial charge in [-0.05, 0) is 48.7 Å². The van der Waals surface area contributed by atoms with Crippen molar-refractivity contribution in [3.63, 3.8) is 0 Å². The molecule has 130 valence electrons. The molecule has 2 aromatic carbocycles. The molecule has 0 unspecified atom stereocenters. The topological polar surface area (TPSA) is 49.4 Å². The second kappa shape index (κ2) is 7.70. The second-order valence-corrected chi connectivity index (χ2v) is 6.77. The predicted octanol–water partition coefficient (Wildman–Crippen LogP) is 3.89. The molecule has 1 aliphatic heterocycles. The summed E-state index contributed by atoms with van der Waals surface area (Å²) in [6.45, 7) is 2.71. The molecule has 0 aromatic heterocycles. The first-order valence-corrected chi connectivity index (χ1v) is 8.85. The first kappa shape index (κ1) is 17.5. The van der Waals surface area contributed by atoms with Crippen LogP contribution in [0.15, 0.2) is 48.5 Å². The van der Waals surface area contributed by atoms with E-state index < -0.39 is 0 Å². The molecular formula is C20H21ClN2O2. The smallest absolute Gasteiger partial charge is 0.227 e. The molecule has 0 aliphatic carbocycles. The summed E-state index contributed by atoms with van der Waals surface area (Å²) in [7, 11) is 0. The first-order valence-electron chi connectivity index (χ1n) is 8.47. The highest BCUT2D eigenvalue weighted by atomic mass is 35.5. The second-order valence-electron chi connectivity index (χ2n) is 6.34. The molecule has 1 saturated heterocycles. The molecule has 2 aromatic rings. The molecule has 0 saturated carbocycles. The number of nitrogens with zero attached hydrogens (tertiary/aromatic N) is 1. The van der Waals surface area contributed by atoms with Gasteiger partial charge in [-0.2, -0.15) is 0 Å². The van der Waals surface area contributed by atoms with Gasteiger partial charge in [0.2, 0.25) is 11.8 Å². The van der Waals surface area contributed by atoms with Crippen LogP contribution >= 0.6 is 11.6 Å². The van der Waals surface area contributed by atoms with E-state index >= 15 is 0 Å². The van der Waals surface area contributed by atoms with E-state index in [4.69, 9.17) is 11.6 Å². The average Bonchev–Trinajstić information content (AvgIpc) is 3.01. The van der Waals surface area contributed by atoms with Crippen LogP contribution in [0.3, 0.4) is 0 Å². The summed E-state index contributed by atoms with van der Waals surface area (Å²) < 4.78 is 0. The van der Waals surface area contributed by atoms with Gasteiger partial charge in [-0.3, -0.25) is 9.59 Å². The minimum absolute atomic E-state index is 0.0440.